The number of benzene rings is 1. The molecule has 7 nitrogen and oxygen atoms in total. The third-order valence-electron chi connectivity index (χ3n) is 4.27. The fraction of sp³-hybridized carbons (Fsp3) is 0.409. The zero-order chi connectivity index (χ0) is 21.8. The molecule has 3 N–H and O–H groups in total. The Balaban J connectivity index is 0.000000326. The van der Waals surface area contributed by atoms with Crippen LogP contribution in [0.15, 0.2) is 48.6 Å². The monoisotopic (exact) mass is 404 g/mol. The number of allylic oxidation sites excluding steroid dienone is 4. The van der Waals surface area contributed by atoms with Gasteiger partial charge >= 0.3 is 5.97 Å². The third kappa shape index (κ3) is 8.41. The number of ketones is 1. The van der Waals surface area contributed by atoms with Crippen LogP contribution in [-0.2, 0) is 14.4 Å². The SMILES string of the molecule is CC(=O)Oc1ccc(O)cc1.CCCC=CC=CC1CC(O)C(O)C(=O)C1C=O. The summed E-state index contributed by atoms with van der Waals surface area (Å²) in [5, 5.41) is 27.8. The highest BCUT2D eigenvalue weighted by Gasteiger charge is 2.41. The van der Waals surface area contributed by atoms with Crippen LogP contribution in [0.4, 0.5) is 0 Å². The van der Waals surface area contributed by atoms with E-state index in [9.17, 15) is 24.6 Å². The topological polar surface area (TPSA) is 121 Å². The number of unbranched alkanes of at least 4 members (excludes halogenated alkanes) is 1. The van der Waals surface area contributed by atoms with Crippen molar-refractivity contribution in [2.45, 2.75) is 45.3 Å². The average molecular weight is 404 g/mol. The molecular weight excluding hydrogens is 376 g/mol. The lowest BCUT2D eigenvalue weighted by Crippen LogP contribution is -2.47. The second-order valence-corrected chi connectivity index (χ2v) is 6.67. The van der Waals surface area contributed by atoms with Gasteiger partial charge in [0.25, 0.3) is 0 Å². The van der Waals surface area contributed by atoms with E-state index in [0.717, 1.165) is 12.8 Å². The number of esters is 1. The van der Waals surface area contributed by atoms with Gasteiger partial charge in [0, 0.05) is 6.92 Å². The number of aldehydes is 1. The molecule has 1 aromatic carbocycles. The number of ether oxygens (including phenoxy) is 1. The van der Waals surface area contributed by atoms with Crippen molar-refractivity contribution in [3.8, 4) is 11.5 Å². The summed E-state index contributed by atoms with van der Waals surface area (Å²) in [7, 11) is 0. The van der Waals surface area contributed by atoms with Gasteiger partial charge in [0.1, 0.15) is 23.9 Å². The number of phenols is 1. The van der Waals surface area contributed by atoms with Crippen LogP contribution in [0.2, 0.25) is 0 Å². The number of aliphatic hydroxyl groups excluding tert-OH is 2. The molecule has 0 heterocycles. The number of aromatic hydroxyl groups is 1. The van der Waals surface area contributed by atoms with E-state index in [0.29, 0.717) is 12.0 Å². The van der Waals surface area contributed by atoms with Crippen molar-refractivity contribution in [3.05, 3.63) is 48.6 Å². The number of hydrogen-bond donors (Lipinski definition) is 3. The molecule has 1 aromatic rings. The van der Waals surface area contributed by atoms with Gasteiger partial charge in [-0.3, -0.25) is 9.59 Å². The molecule has 0 saturated heterocycles. The number of aliphatic hydroxyl groups is 2. The first kappa shape index (κ1) is 24.3. The van der Waals surface area contributed by atoms with Crippen LogP contribution < -0.4 is 4.74 Å². The number of Topliss-reactive ketones (excluding diaryl/α,β-unsaturated/α-hetero) is 1. The summed E-state index contributed by atoms with van der Waals surface area (Å²) in [4.78, 5) is 32.9. The fourth-order valence-corrected chi connectivity index (χ4v) is 2.75. The van der Waals surface area contributed by atoms with E-state index >= 15 is 0 Å². The molecule has 1 aliphatic carbocycles. The zero-order valence-electron chi connectivity index (χ0n) is 16.6. The highest BCUT2D eigenvalue weighted by Crippen LogP contribution is 2.28. The smallest absolute Gasteiger partial charge is 0.308 e. The quantitative estimate of drug-likeness (QED) is 0.219. The van der Waals surface area contributed by atoms with E-state index in [-0.39, 0.29) is 24.1 Å². The summed E-state index contributed by atoms with van der Waals surface area (Å²) in [5.41, 5.74) is 0. The Labute approximate surface area is 170 Å². The van der Waals surface area contributed by atoms with E-state index < -0.39 is 23.9 Å². The first-order valence-electron chi connectivity index (χ1n) is 9.46. The van der Waals surface area contributed by atoms with E-state index in [1.165, 1.54) is 31.2 Å². The van der Waals surface area contributed by atoms with Gasteiger partial charge in [-0.1, -0.05) is 37.6 Å². The molecule has 7 heteroatoms. The molecule has 0 aliphatic heterocycles. The molecule has 0 spiro atoms. The molecule has 4 atom stereocenters. The molecule has 4 unspecified atom stereocenters. The molecule has 0 bridgehead atoms. The Kier molecular flexibility index (Phi) is 10.6. The molecule has 0 amide bonds. The van der Waals surface area contributed by atoms with Crippen molar-refractivity contribution < 1.29 is 34.4 Å². The Morgan fingerprint density at radius 2 is 1.86 bits per heavy atom. The van der Waals surface area contributed by atoms with Crippen LogP contribution in [0.1, 0.15) is 33.1 Å². The summed E-state index contributed by atoms with van der Waals surface area (Å²) in [6.07, 6.45) is 7.72. The van der Waals surface area contributed by atoms with Gasteiger partial charge < -0.3 is 24.9 Å². The number of rotatable bonds is 6. The predicted molar refractivity (Wildman–Crippen MR) is 107 cm³/mol. The van der Waals surface area contributed by atoms with Crippen molar-refractivity contribution in [2.75, 3.05) is 0 Å². The number of carbonyl (C=O) groups excluding carboxylic acids is 3. The predicted octanol–water partition coefficient (Wildman–Crippen LogP) is 2.34. The molecule has 1 aliphatic rings. The summed E-state index contributed by atoms with van der Waals surface area (Å²) in [6.45, 7) is 3.40. The van der Waals surface area contributed by atoms with Gasteiger partial charge in [0.2, 0.25) is 0 Å². The maximum atomic E-state index is 11.6. The van der Waals surface area contributed by atoms with E-state index in [1.807, 2.05) is 12.2 Å². The molecule has 1 saturated carbocycles. The molecule has 158 valence electrons. The highest BCUT2D eigenvalue weighted by atomic mass is 16.5. The number of hydrogen-bond acceptors (Lipinski definition) is 7. The van der Waals surface area contributed by atoms with Gasteiger partial charge in [-0.2, -0.15) is 0 Å². The molecule has 1 fully saturated rings. The van der Waals surface area contributed by atoms with Gasteiger partial charge in [-0.15, -0.1) is 0 Å². The maximum Gasteiger partial charge on any atom is 0.308 e. The molecule has 0 radical (unpaired) electrons. The van der Waals surface area contributed by atoms with Crippen molar-refractivity contribution in [3.63, 3.8) is 0 Å². The van der Waals surface area contributed by atoms with Crippen LogP contribution in [0, 0.1) is 11.8 Å². The minimum Gasteiger partial charge on any atom is -0.508 e. The Bertz CT molecular complexity index is 721. The largest absolute Gasteiger partial charge is 0.508 e. The zero-order valence-corrected chi connectivity index (χ0v) is 16.6. The first-order valence-corrected chi connectivity index (χ1v) is 9.46. The van der Waals surface area contributed by atoms with Crippen LogP contribution in [-0.4, -0.2) is 45.6 Å². The van der Waals surface area contributed by atoms with Crippen LogP contribution in [0.5, 0.6) is 11.5 Å². The van der Waals surface area contributed by atoms with Gasteiger partial charge in [-0.25, -0.2) is 0 Å². The summed E-state index contributed by atoms with van der Waals surface area (Å²) in [6, 6.07) is 5.96. The highest BCUT2D eigenvalue weighted by molar-refractivity contribution is 5.97. The van der Waals surface area contributed by atoms with Crippen LogP contribution >= 0.6 is 0 Å². The van der Waals surface area contributed by atoms with E-state index in [4.69, 9.17) is 9.84 Å². The fourth-order valence-electron chi connectivity index (χ4n) is 2.75. The maximum absolute atomic E-state index is 11.6. The standard InChI is InChI=1S/C14H20O4.C8H8O3/c1-2-3-4-5-6-7-10-8-12(16)14(18)13(17)11(10)9-15;1-6(9)11-8-4-2-7(10)3-5-8/h4-7,9-12,14,16,18H,2-3,8H2,1H3;2-5,10H,1H3. The number of phenolic OH excluding ortho intramolecular Hbond substituents is 1. The van der Waals surface area contributed by atoms with E-state index in [1.54, 1.807) is 12.2 Å². The van der Waals surface area contributed by atoms with Crippen molar-refractivity contribution in [1.29, 1.82) is 0 Å². The molecule has 2 rings (SSSR count). The van der Waals surface area contributed by atoms with Gasteiger partial charge in [-0.05, 0) is 43.0 Å². The summed E-state index contributed by atoms with van der Waals surface area (Å²) in [5.74, 6) is -1.54. The first-order chi connectivity index (χ1) is 13.8. The third-order valence-corrected chi connectivity index (χ3v) is 4.27. The minimum absolute atomic E-state index is 0.154. The second kappa shape index (κ2) is 12.6. The van der Waals surface area contributed by atoms with Gasteiger partial charge in [0.15, 0.2) is 5.78 Å². The van der Waals surface area contributed by atoms with E-state index in [2.05, 4.69) is 6.92 Å². The van der Waals surface area contributed by atoms with Gasteiger partial charge in [0.05, 0.1) is 12.0 Å². The van der Waals surface area contributed by atoms with Crippen molar-refractivity contribution in [1.82, 2.24) is 0 Å². The molecule has 0 aromatic heterocycles. The second-order valence-electron chi connectivity index (χ2n) is 6.67. The van der Waals surface area contributed by atoms with Crippen molar-refractivity contribution >= 4 is 18.0 Å². The summed E-state index contributed by atoms with van der Waals surface area (Å²) >= 11 is 0. The number of carbonyl (C=O) groups is 3. The Hall–Kier alpha value is -2.77. The summed E-state index contributed by atoms with van der Waals surface area (Å²) < 4.78 is 4.72. The molecule has 29 heavy (non-hydrogen) atoms. The lowest BCUT2D eigenvalue weighted by atomic mass is 9.76. The Morgan fingerprint density at radius 3 is 2.41 bits per heavy atom. The van der Waals surface area contributed by atoms with Crippen molar-refractivity contribution in [2.24, 2.45) is 11.8 Å². The lowest BCUT2D eigenvalue weighted by molar-refractivity contribution is -0.146. The van der Waals surface area contributed by atoms with Crippen LogP contribution in [0.25, 0.3) is 0 Å². The minimum atomic E-state index is -1.43. The van der Waals surface area contributed by atoms with Crippen LogP contribution in [0.3, 0.4) is 0 Å². The lowest BCUT2D eigenvalue weighted by Gasteiger charge is -2.31. The normalized spacial score (nSPS) is 24.2. The average Bonchev–Trinajstić information content (AvgIpc) is 2.68. The molecular formula is C22H28O7. The Morgan fingerprint density at radius 1 is 1.21 bits per heavy atom.